The van der Waals surface area contributed by atoms with Gasteiger partial charge in [0.05, 0.1) is 11.3 Å². The van der Waals surface area contributed by atoms with Gasteiger partial charge in [-0.2, -0.15) is 13.2 Å². The maximum absolute atomic E-state index is 12.5. The molecule has 5 nitrogen and oxygen atoms in total. The molecule has 28 heavy (non-hydrogen) atoms. The van der Waals surface area contributed by atoms with E-state index in [-0.39, 0.29) is 5.56 Å². The van der Waals surface area contributed by atoms with Crippen LogP contribution in [0.4, 0.5) is 18.9 Å². The SMILES string of the molecule is O=C(Nc1ccc(-c2cn3ccccc3n2)cc1)c1ccc(C(F)(F)F)nc1. The molecule has 0 spiro atoms. The van der Waals surface area contributed by atoms with Crippen LogP contribution in [-0.4, -0.2) is 20.3 Å². The van der Waals surface area contributed by atoms with Gasteiger partial charge in [0.1, 0.15) is 11.3 Å². The summed E-state index contributed by atoms with van der Waals surface area (Å²) in [7, 11) is 0. The highest BCUT2D eigenvalue weighted by Gasteiger charge is 2.32. The standard InChI is InChI=1S/C20H13F3N4O/c21-20(22,23)17-9-6-14(11-24-17)19(28)25-15-7-4-13(5-8-15)16-12-27-10-2-1-3-18(27)26-16/h1-12H,(H,25,28). The number of benzene rings is 1. The number of rotatable bonds is 3. The molecule has 0 aliphatic rings. The van der Waals surface area contributed by atoms with Crippen LogP contribution >= 0.6 is 0 Å². The first-order valence-electron chi connectivity index (χ1n) is 8.29. The van der Waals surface area contributed by atoms with Crippen molar-refractivity contribution >= 4 is 17.2 Å². The first-order valence-corrected chi connectivity index (χ1v) is 8.29. The Morgan fingerprint density at radius 2 is 1.79 bits per heavy atom. The Labute approximate surface area is 157 Å². The van der Waals surface area contributed by atoms with E-state index < -0.39 is 17.8 Å². The van der Waals surface area contributed by atoms with Crippen molar-refractivity contribution in [1.29, 1.82) is 0 Å². The van der Waals surface area contributed by atoms with E-state index in [4.69, 9.17) is 0 Å². The van der Waals surface area contributed by atoms with Crippen LogP contribution in [0.2, 0.25) is 0 Å². The van der Waals surface area contributed by atoms with Gasteiger partial charge in [-0.05, 0) is 36.4 Å². The van der Waals surface area contributed by atoms with Crippen LogP contribution in [0.25, 0.3) is 16.9 Å². The van der Waals surface area contributed by atoms with Gasteiger partial charge < -0.3 is 9.72 Å². The van der Waals surface area contributed by atoms with Crippen molar-refractivity contribution in [3.05, 3.63) is 84.4 Å². The number of aromatic nitrogens is 3. The lowest BCUT2D eigenvalue weighted by Crippen LogP contribution is -2.14. The van der Waals surface area contributed by atoms with E-state index in [0.29, 0.717) is 5.69 Å². The highest BCUT2D eigenvalue weighted by molar-refractivity contribution is 6.04. The number of nitrogens with zero attached hydrogens (tertiary/aromatic N) is 3. The molecule has 3 aromatic heterocycles. The molecule has 1 amide bonds. The van der Waals surface area contributed by atoms with Crippen molar-refractivity contribution in [2.24, 2.45) is 0 Å². The molecule has 4 aromatic rings. The fraction of sp³-hybridized carbons (Fsp3) is 0.0500. The number of carbonyl (C=O) groups is 1. The van der Waals surface area contributed by atoms with Gasteiger partial charge in [-0.3, -0.25) is 9.78 Å². The van der Waals surface area contributed by atoms with Gasteiger partial charge in [-0.25, -0.2) is 4.98 Å². The summed E-state index contributed by atoms with van der Waals surface area (Å²) in [5.41, 5.74) is 1.99. The van der Waals surface area contributed by atoms with Crippen LogP contribution in [0.3, 0.4) is 0 Å². The number of nitrogens with one attached hydrogen (secondary N) is 1. The molecule has 1 N–H and O–H groups in total. The summed E-state index contributed by atoms with van der Waals surface area (Å²) in [6.07, 6.45) is 0.168. The second-order valence-electron chi connectivity index (χ2n) is 6.05. The first kappa shape index (κ1) is 17.7. The second-order valence-corrected chi connectivity index (χ2v) is 6.05. The molecular weight excluding hydrogens is 369 g/mol. The highest BCUT2D eigenvalue weighted by Crippen LogP contribution is 2.27. The summed E-state index contributed by atoms with van der Waals surface area (Å²) >= 11 is 0. The molecule has 0 bridgehead atoms. The van der Waals surface area contributed by atoms with Crippen molar-refractivity contribution in [3.8, 4) is 11.3 Å². The number of fused-ring (bicyclic) bond motifs is 1. The maximum atomic E-state index is 12.5. The highest BCUT2D eigenvalue weighted by atomic mass is 19.4. The fourth-order valence-electron chi connectivity index (χ4n) is 2.70. The van der Waals surface area contributed by atoms with Crippen LogP contribution in [0.15, 0.2) is 73.2 Å². The van der Waals surface area contributed by atoms with Gasteiger partial charge in [0, 0.05) is 29.8 Å². The summed E-state index contributed by atoms with van der Waals surface area (Å²) in [6, 6.07) is 14.6. The second kappa shape index (κ2) is 6.80. The van der Waals surface area contributed by atoms with Crippen LogP contribution in [-0.2, 0) is 6.18 Å². The van der Waals surface area contributed by atoms with Crippen molar-refractivity contribution in [2.75, 3.05) is 5.32 Å². The maximum Gasteiger partial charge on any atom is 0.433 e. The average molecular weight is 382 g/mol. The zero-order valence-electron chi connectivity index (χ0n) is 14.3. The third kappa shape index (κ3) is 3.57. The minimum atomic E-state index is -4.54. The predicted octanol–water partition coefficient (Wildman–Crippen LogP) is 4.67. The minimum Gasteiger partial charge on any atom is -0.322 e. The normalized spacial score (nSPS) is 11.5. The quantitative estimate of drug-likeness (QED) is 0.560. The smallest absolute Gasteiger partial charge is 0.322 e. The van der Waals surface area contributed by atoms with E-state index >= 15 is 0 Å². The van der Waals surface area contributed by atoms with E-state index in [1.54, 1.807) is 12.1 Å². The number of hydrogen-bond donors (Lipinski definition) is 1. The molecular formula is C20H13F3N4O. The number of pyridine rings is 2. The van der Waals surface area contributed by atoms with Crippen LogP contribution in [0.5, 0.6) is 0 Å². The molecule has 140 valence electrons. The van der Waals surface area contributed by atoms with Gasteiger partial charge in [-0.15, -0.1) is 0 Å². The van der Waals surface area contributed by atoms with Crippen molar-refractivity contribution in [2.45, 2.75) is 6.18 Å². The molecule has 8 heteroatoms. The number of hydrogen-bond acceptors (Lipinski definition) is 3. The number of imidazole rings is 1. The van der Waals surface area contributed by atoms with Gasteiger partial charge in [-0.1, -0.05) is 18.2 Å². The fourth-order valence-corrected chi connectivity index (χ4v) is 2.70. The lowest BCUT2D eigenvalue weighted by Gasteiger charge is -2.08. The number of anilines is 1. The van der Waals surface area contributed by atoms with E-state index in [1.165, 1.54) is 0 Å². The van der Waals surface area contributed by atoms with Crippen molar-refractivity contribution in [1.82, 2.24) is 14.4 Å². The predicted molar refractivity (Wildman–Crippen MR) is 97.8 cm³/mol. The summed E-state index contributed by atoms with van der Waals surface area (Å²) in [4.78, 5) is 20.0. The molecule has 0 fully saturated rings. The Balaban J connectivity index is 1.49. The molecule has 0 aliphatic heterocycles. The van der Waals surface area contributed by atoms with Gasteiger partial charge >= 0.3 is 6.18 Å². The monoisotopic (exact) mass is 382 g/mol. The molecule has 3 heterocycles. The molecule has 0 aliphatic carbocycles. The Hall–Kier alpha value is -3.68. The van der Waals surface area contributed by atoms with E-state index in [2.05, 4.69) is 15.3 Å². The van der Waals surface area contributed by atoms with Crippen molar-refractivity contribution in [3.63, 3.8) is 0 Å². The van der Waals surface area contributed by atoms with Crippen LogP contribution < -0.4 is 5.32 Å². The largest absolute Gasteiger partial charge is 0.433 e. The zero-order valence-corrected chi connectivity index (χ0v) is 14.3. The lowest BCUT2D eigenvalue weighted by molar-refractivity contribution is -0.141. The Morgan fingerprint density at radius 1 is 1.00 bits per heavy atom. The summed E-state index contributed by atoms with van der Waals surface area (Å²) in [5, 5.41) is 2.64. The van der Waals surface area contributed by atoms with Gasteiger partial charge in [0.2, 0.25) is 0 Å². The molecule has 0 radical (unpaired) electrons. The topological polar surface area (TPSA) is 59.3 Å². The van der Waals surface area contributed by atoms with Gasteiger partial charge in [0.15, 0.2) is 0 Å². The molecule has 0 saturated carbocycles. The van der Waals surface area contributed by atoms with Gasteiger partial charge in [0.25, 0.3) is 5.91 Å². The average Bonchev–Trinajstić information content (AvgIpc) is 3.12. The Bertz CT molecular complexity index is 1100. The van der Waals surface area contributed by atoms with E-state index in [0.717, 1.165) is 35.2 Å². The first-order chi connectivity index (χ1) is 13.4. The molecule has 0 saturated heterocycles. The Kier molecular flexibility index (Phi) is 4.31. The molecule has 4 rings (SSSR count). The van der Waals surface area contributed by atoms with Crippen LogP contribution in [0.1, 0.15) is 16.1 Å². The zero-order chi connectivity index (χ0) is 19.7. The minimum absolute atomic E-state index is 0.0393. The van der Waals surface area contributed by atoms with E-state index in [9.17, 15) is 18.0 Å². The molecule has 1 aromatic carbocycles. The summed E-state index contributed by atoms with van der Waals surface area (Å²) in [5.74, 6) is -0.540. The number of amides is 1. The number of alkyl halides is 3. The molecule has 0 atom stereocenters. The number of halogens is 3. The number of carbonyl (C=O) groups excluding carboxylic acids is 1. The van der Waals surface area contributed by atoms with Crippen molar-refractivity contribution < 1.29 is 18.0 Å². The van der Waals surface area contributed by atoms with Crippen LogP contribution in [0, 0.1) is 0 Å². The van der Waals surface area contributed by atoms with E-state index in [1.807, 2.05) is 47.1 Å². The summed E-state index contributed by atoms with van der Waals surface area (Å²) < 4.78 is 39.5. The lowest BCUT2D eigenvalue weighted by atomic mass is 10.1. The summed E-state index contributed by atoms with van der Waals surface area (Å²) in [6.45, 7) is 0. The third-order valence-corrected chi connectivity index (χ3v) is 4.12. The third-order valence-electron chi connectivity index (χ3n) is 4.12. The molecule has 0 unspecified atom stereocenters. The Morgan fingerprint density at radius 3 is 2.43 bits per heavy atom.